The fourth-order valence-corrected chi connectivity index (χ4v) is 1.64. The van der Waals surface area contributed by atoms with Crippen molar-refractivity contribution >= 4 is 21.6 Å². The van der Waals surface area contributed by atoms with E-state index in [0.29, 0.717) is 11.0 Å². The van der Waals surface area contributed by atoms with Gasteiger partial charge in [-0.2, -0.15) is 13.2 Å². The SMILES string of the molecule is CC(C)=CCNc1cc(Br)ccc1C(F)(F)F. The van der Waals surface area contributed by atoms with Crippen molar-refractivity contribution in [2.24, 2.45) is 0 Å². The van der Waals surface area contributed by atoms with Crippen LogP contribution in [0.1, 0.15) is 19.4 Å². The Morgan fingerprint density at radius 1 is 1.35 bits per heavy atom. The summed E-state index contributed by atoms with van der Waals surface area (Å²) in [5.74, 6) is 0. The van der Waals surface area contributed by atoms with Crippen LogP contribution in [-0.4, -0.2) is 6.54 Å². The van der Waals surface area contributed by atoms with Gasteiger partial charge >= 0.3 is 6.18 Å². The van der Waals surface area contributed by atoms with Crippen molar-refractivity contribution in [1.82, 2.24) is 0 Å². The molecule has 5 heteroatoms. The van der Waals surface area contributed by atoms with Crippen LogP contribution < -0.4 is 5.32 Å². The summed E-state index contributed by atoms with van der Waals surface area (Å²) in [5.41, 5.74) is 0.494. The Labute approximate surface area is 107 Å². The average molecular weight is 308 g/mol. The highest BCUT2D eigenvalue weighted by molar-refractivity contribution is 9.10. The Kier molecular flexibility index (Phi) is 4.62. The Morgan fingerprint density at radius 3 is 2.53 bits per heavy atom. The zero-order valence-corrected chi connectivity index (χ0v) is 11.1. The molecule has 0 aromatic heterocycles. The number of benzene rings is 1. The molecule has 1 N–H and O–H groups in total. The molecule has 0 spiro atoms. The Bertz CT molecular complexity index is 420. The molecule has 1 aromatic rings. The van der Waals surface area contributed by atoms with Crippen molar-refractivity contribution in [3.63, 3.8) is 0 Å². The lowest BCUT2D eigenvalue weighted by atomic mass is 10.1. The second kappa shape index (κ2) is 5.58. The highest BCUT2D eigenvalue weighted by atomic mass is 79.9. The normalized spacial score (nSPS) is 11.2. The van der Waals surface area contributed by atoms with Crippen molar-refractivity contribution in [2.75, 3.05) is 11.9 Å². The summed E-state index contributed by atoms with van der Waals surface area (Å²) in [6.07, 6.45) is -2.50. The molecule has 0 heterocycles. The zero-order chi connectivity index (χ0) is 13.1. The third kappa shape index (κ3) is 4.42. The lowest BCUT2D eigenvalue weighted by molar-refractivity contribution is -0.136. The third-order valence-corrected chi connectivity index (χ3v) is 2.58. The van der Waals surface area contributed by atoms with Crippen LogP contribution in [0.5, 0.6) is 0 Å². The van der Waals surface area contributed by atoms with Crippen LogP contribution >= 0.6 is 15.9 Å². The number of alkyl halides is 3. The van der Waals surface area contributed by atoms with Gasteiger partial charge in [0.15, 0.2) is 0 Å². The highest BCUT2D eigenvalue weighted by Gasteiger charge is 2.33. The quantitative estimate of drug-likeness (QED) is 0.787. The predicted octanol–water partition coefficient (Wildman–Crippen LogP) is 4.85. The van der Waals surface area contributed by atoms with Gasteiger partial charge in [0.2, 0.25) is 0 Å². The largest absolute Gasteiger partial charge is 0.418 e. The van der Waals surface area contributed by atoms with Crippen molar-refractivity contribution in [3.8, 4) is 0 Å². The van der Waals surface area contributed by atoms with Gasteiger partial charge in [0.05, 0.1) is 5.56 Å². The van der Waals surface area contributed by atoms with Crippen LogP contribution in [0.2, 0.25) is 0 Å². The maximum Gasteiger partial charge on any atom is 0.418 e. The number of hydrogen-bond donors (Lipinski definition) is 1. The Hall–Kier alpha value is -0.970. The molecule has 0 fully saturated rings. The third-order valence-electron chi connectivity index (χ3n) is 2.09. The summed E-state index contributed by atoms with van der Waals surface area (Å²) in [5, 5.41) is 2.77. The molecular weight excluding hydrogens is 295 g/mol. The molecular formula is C12H13BrF3N. The molecule has 0 bridgehead atoms. The van der Waals surface area contributed by atoms with Gasteiger partial charge in [-0.25, -0.2) is 0 Å². The summed E-state index contributed by atoms with van der Waals surface area (Å²) in [7, 11) is 0. The number of nitrogens with one attached hydrogen (secondary N) is 1. The summed E-state index contributed by atoms with van der Waals surface area (Å²) < 4.78 is 38.7. The number of halogens is 4. The Morgan fingerprint density at radius 2 is 2.00 bits per heavy atom. The van der Waals surface area contributed by atoms with E-state index in [-0.39, 0.29) is 5.69 Å². The van der Waals surface area contributed by atoms with Gasteiger partial charge in [0, 0.05) is 16.7 Å². The van der Waals surface area contributed by atoms with E-state index in [1.54, 1.807) is 0 Å². The predicted molar refractivity (Wildman–Crippen MR) is 67.1 cm³/mol. The van der Waals surface area contributed by atoms with Crippen molar-refractivity contribution in [1.29, 1.82) is 0 Å². The lowest BCUT2D eigenvalue weighted by Gasteiger charge is -2.14. The minimum Gasteiger partial charge on any atom is -0.381 e. The molecule has 0 saturated heterocycles. The van der Waals surface area contributed by atoms with Crippen LogP contribution in [0.3, 0.4) is 0 Å². The molecule has 0 amide bonds. The molecule has 94 valence electrons. The first-order chi connectivity index (χ1) is 7.80. The van der Waals surface area contributed by atoms with Gasteiger partial charge in [0.1, 0.15) is 0 Å². The van der Waals surface area contributed by atoms with Gasteiger partial charge in [-0.3, -0.25) is 0 Å². The molecule has 1 aromatic carbocycles. The first-order valence-corrected chi connectivity index (χ1v) is 5.84. The smallest absolute Gasteiger partial charge is 0.381 e. The number of rotatable bonds is 3. The fraction of sp³-hybridized carbons (Fsp3) is 0.333. The standard InChI is InChI=1S/C12H13BrF3N/c1-8(2)5-6-17-11-7-9(13)3-4-10(11)12(14,15)16/h3-5,7,17H,6H2,1-2H3. The molecule has 1 nitrogen and oxygen atoms in total. The van der Waals surface area contributed by atoms with Gasteiger partial charge < -0.3 is 5.32 Å². The van der Waals surface area contributed by atoms with E-state index in [4.69, 9.17) is 0 Å². The molecule has 0 aliphatic rings. The van der Waals surface area contributed by atoms with Gasteiger partial charge in [-0.1, -0.05) is 27.6 Å². The number of allylic oxidation sites excluding steroid dienone is 1. The van der Waals surface area contributed by atoms with E-state index < -0.39 is 11.7 Å². The summed E-state index contributed by atoms with van der Waals surface area (Å²) in [4.78, 5) is 0. The summed E-state index contributed by atoms with van der Waals surface area (Å²) >= 11 is 3.16. The molecule has 0 aliphatic carbocycles. The van der Waals surface area contributed by atoms with Crippen LogP contribution in [0.25, 0.3) is 0 Å². The molecule has 1 rings (SSSR count). The first kappa shape index (κ1) is 14.1. The Balaban J connectivity index is 2.96. The summed E-state index contributed by atoms with van der Waals surface area (Å²) in [6.45, 7) is 4.17. The fourth-order valence-electron chi connectivity index (χ4n) is 1.28. The van der Waals surface area contributed by atoms with Crippen molar-refractivity contribution < 1.29 is 13.2 Å². The highest BCUT2D eigenvalue weighted by Crippen LogP contribution is 2.36. The maximum absolute atomic E-state index is 12.7. The molecule has 0 unspecified atom stereocenters. The second-order valence-electron chi connectivity index (χ2n) is 3.85. The van der Waals surface area contributed by atoms with E-state index in [1.165, 1.54) is 12.1 Å². The lowest BCUT2D eigenvalue weighted by Crippen LogP contribution is -2.11. The van der Waals surface area contributed by atoms with E-state index in [2.05, 4.69) is 21.2 Å². The van der Waals surface area contributed by atoms with E-state index in [9.17, 15) is 13.2 Å². The second-order valence-corrected chi connectivity index (χ2v) is 4.77. The van der Waals surface area contributed by atoms with Crippen LogP contribution in [0.15, 0.2) is 34.3 Å². The average Bonchev–Trinajstić information content (AvgIpc) is 2.15. The molecule has 17 heavy (non-hydrogen) atoms. The number of anilines is 1. The van der Waals surface area contributed by atoms with E-state index in [0.717, 1.165) is 11.6 Å². The minimum absolute atomic E-state index is 0.0874. The van der Waals surface area contributed by atoms with Gasteiger partial charge in [-0.05, 0) is 32.0 Å². The first-order valence-electron chi connectivity index (χ1n) is 5.04. The summed E-state index contributed by atoms with van der Waals surface area (Å²) in [6, 6.07) is 3.88. The molecule has 0 aliphatic heterocycles. The monoisotopic (exact) mass is 307 g/mol. The van der Waals surface area contributed by atoms with Gasteiger partial charge in [0.25, 0.3) is 0 Å². The van der Waals surface area contributed by atoms with Crippen LogP contribution in [0.4, 0.5) is 18.9 Å². The van der Waals surface area contributed by atoms with Crippen LogP contribution in [-0.2, 0) is 6.18 Å². The zero-order valence-electron chi connectivity index (χ0n) is 9.53. The van der Waals surface area contributed by atoms with Crippen molar-refractivity contribution in [3.05, 3.63) is 39.9 Å². The molecule has 0 saturated carbocycles. The van der Waals surface area contributed by atoms with E-state index >= 15 is 0 Å². The minimum atomic E-state index is -4.34. The maximum atomic E-state index is 12.7. The van der Waals surface area contributed by atoms with Crippen molar-refractivity contribution in [2.45, 2.75) is 20.0 Å². The number of hydrogen-bond acceptors (Lipinski definition) is 1. The van der Waals surface area contributed by atoms with E-state index in [1.807, 2.05) is 19.9 Å². The topological polar surface area (TPSA) is 12.0 Å². The van der Waals surface area contributed by atoms with Crippen LogP contribution in [0, 0.1) is 0 Å². The van der Waals surface area contributed by atoms with Gasteiger partial charge in [-0.15, -0.1) is 0 Å². The molecule has 0 atom stereocenters. The molecule has 0 radical (unpaired) electrons.